The van der Waals surface area contributed by atoms with Crippen LogP contribution in [0.1, 0.15) is 26.4 Å². The Labute approximate surface area is 103 Å². The summed E-state index contributed by atoms with van der Waals surface area (Å²) in [6.07, 6.45) is 1.48. The molecule has 18 heavy (non-hydrogen) atoms. The molecular formula is C13H12N2O3. The first-order valence-electron chi connectivity index (χ1n) is 5.29. The zero-order chi connectivity index (χ0) is 13.3. The van der Waals surface area contributed by atoms with Crippen molar-refractivity contribution in [2.24, 2.45) is 7.05 Å². The maximum atomic E-state index is 12.2. The lowest BCUT2D eigenvalue weighted by Crippen LogP contribution is -2.04. The van der Waals surface area contributed by atoms with E-state index >= 15 is 0 Å². The minimum atomic E-state index is -1.07. The molecule has 0 spiro atoms. The van der Waals surface area contributed by atoms with Crippen LogP contribution < -0.4 is 5.73 Å². The summed E-state index contributed by atoms with van der Waals surface area (Å²) in [7, 11) is 1.58. The molecule has 0 fully saturated rings. The van der Waals surface area contributed by atoms with Crippen molar-refractivity contribution in [2.75, 3.05) is 5.73 Å². The van der Waals surface area contributed by atoms with Crippen molar-refractivity contribution in [1.82, 2.24) is 4.57 Å². The summed E-state index contributed by atoms with van der Waals surface area (Å²) in [4.78, 5) is 23.1. The standard InChI is InChI=1S/C13H12N2O3/c1-15-7-8(6-11(15)13(17)18)12(16)9-4-2-3-5-10(9)14/h2-7H,14H2,1H3,(H,17,18). The summed E-state index contributed by atoms with van der Waals surface area (Å²) in [6, 6.07) is 8.04. The molecule has 92 valence electrons. The topological polar surface area (TPSA) is 85.3 Å². The molecule has 0 saturated carbocycles. The minimum Gasteiger partial charge on any atom is -0.477 e. The van der Waals surface area contributed by atoms with Crippen LogP contribution in [0, 0.1) is 0 Å². The maximum absolute atomic E-state index is 12.2. The third-order valence-electron chi connectivity index (χ3n) is 2.69. The highest BCUT2D eigenvalue weighted by Gasteiger charge is 2.17. The number of nitrogen functional groups attached to an aromatic ring is 1. The molecule has 0 aliphatic rings. The Kier molecular flexibility index (Phi) is 2.89. The highest BCUT2D eigenvalue weighted by Crippen LogP contribution is 2.17. The Hall–Kier alpha value is -2.56. The molecule has 1 aromatic carbocycles. The zero-order valence-corrected chi connectivity index (χ0v) is 9.75. The predicted molar refractivity (Wildman–Crippen MR) is 66.7 cm³/mol. The third kappa shape index (κ3) is 1.98. The first kappa shape index (κ1) is 11.9. The molecule has 5 nitrogen and oxygen atoms in total. The van der Waals surface area contributed by atoms with Gasteiger partial charge in [-0.05, 0) is 18.2 Å². The second-order valence-corrected chi connectivity index (χ2v) is 3.95. The van der Waals surface area contributed by atoms with Gasteiger partial charge in [-0.3, -0.25) is 4.79 Å². The van der Waals surface area contributed by atoms with Crippen LogP contribution in [0.2, 0.25) is 0 Å². The van der Waals surface area contributed by atoms with Gasteiger partial charge in [-0.25, -0.2) is 4.79 Å². The lowest BCUT2D eigenvalue weighted by Gasteiger charge is -2.01. The smallest absolute Gasteiger partial charge is 0.352 e. The summed E-state index contributed by atoms with van der Waals surface area (Å²) in [5, 5.41) is 8.93. The van der Waals surface area contributed by atoms with Gasteiger partial charge in [-0.2, -0.15) is 0 Å². The molecule has 0 saturated heterocycles. The van der Waals surface area contributed by atoms with E-state index in [9.17, 15) is 9.59 Å². The maximum Gasteiger partial charge on any atom is 0.352 e. The van der Waals surface area contributed by atoms with E-state index in [1.54, 1.807) is 31.3 Å². The average molecular weight is 244 g/mol. The number of ketones is 1. The molecule has 2 aromatic rings. The van der Waals surface area contributed by atoms with Gasteiger partial charge in [0.1, 0.15) is 5.69 Å². The molecule has 0 aliphatic carbocycles. The number of carbonyl (C=O) groups excluding carboxylic acids is 1. The van der Waals surface area contributed by atoms with Gasteiger partial charge in [0.25, 0.3) is 0 Å². The van der Waals surface area contributed by atoms with Crippen molar-refractivity contribution in [2.45, 2.75) is 0 Å². The number of nitrogens with two attached hydrogens (primary N) is 1. The van der Waals surface area contributed by atoms with Crippen LogP contribution in [0.15, 0.2) is 36.5 Å². The fourth-order valence-corrected chi connectivity index (χ4v) is 1.76. The van der Waals surface area contributed by atoms with Gasteiger partial charge in [-0.15, -0.1) is 0 Å². The van der Waals surface area contributed by atoms with Gasteiger partial charge >= 0.3 is 5.97 Å². The number of carboxylic acids is 1. The SMILES string of the molecule is Cn1cc(C(=O)c2ccccc2N)cc1C(=O)O. The monoisotopic (exact) mass is 244 g/mol. The van der Waals surface area contributed by atoms with Crippen molar-refractivity contribution < 1.29 is 14.7 Å². The number of carboxylic acid groups (broad SMARTS) is 1. The molecule has 0 bridgehead atoms. The van der Waals surface area contributed by atoms with Crippen LogP contribution in [0.4, 0.5) is 5.69 Å². The number of rotatable bonds is 3. The lowest BCUT2D eigenvalue weighted by molar-refractivity contribution is 0.0686. The largest absolute Gasteiger partial charge is 0.477 e. The van der Waals surface area contributed by atoms with E-state index in [0.717, 1.165) is 0 Å². The van der Waals surface area contributed by atoms with E-state index in [2.05, 4.69) is 0 Å². The summed E-state index contributed by atoms with van der Waals surface area (Å²) < 4.78 is 1.40. The van der Waals surface area contributed by atoms with E-state index < -0.39 is 5.97 Å². The minimum absolute atomic E-state index is 0.0628. The molecular weight excluding hydrogens is 232 g/mol. The molecule has 0 unspecified atom stereocenters. The van der Waals surface area contributed by atoms with Crippen LogP contribution in [-0.2, 0) is 7.05 Å². The number of nitrogens with zero attached hydrogens (tertiary/aromatic N) is 1. The molecule has 0 aliphatic heterocycles. The van der Waals surface area contributed by atoms with E-state index in [-0.39, 0.29) is 11.5 Å². The number of aromatic nitrogens is 1. The number of benzene rings is 1. The Morgan fingerprint density at radius 1 is 1.28 bits per heavy atom. The molecule has 0 atom stereocenters. The number of hydrogen-bond acceptors (Lipinski definition) is 3. The normalized spacial score (nSPS) is 10.3. The van der Waals surface area contributed by atoms with Crippen molar-refractivity contribution in [3.05, 3.63) is 53.3 Å². The number of hydrogen-bond donors (Lipinski definition) is 2. The third-order valence-corrected chi connectivity index (χ3v) is 2.69. The van der Waals surface area contributed by atoms with E-state index in [1.165, 1.54) is 16.8 Å². The van der Waals surface area contributed by atoms with Crippen molar-refractivity contribution in [1.29, 1.82) is 0 Å². The van der Waals surface area contributed by atoms with Crippen molar-refractivity contribution in [3.8, 4) is 0 Å². The molecule has 2 rings (SSSR count). The van der Waals surface area contributed by atoms with Crippen LogP contribution in [0.25, 0.3) is 0 Å². The number of para-hydroxylation sites is 1. The Bertz CT molecular complexity index is 629. The fourth-order valence-electron chi connectivity index (χ4n) is 1.76. The van der Waals surface area contributed by atoms with E-state index in [0.29, 0.717) is 16.8 Å². The quantitative estimate of drug-likeness (QED) is 0.633. The van der Waals surface area contributed by atoms with Gasteiger partial charge in [0.2, 0.25) is 0 Å². The predicted octanol–water partition coefficient (Wildman–Crippen LogP) is 1.54. The highest BCUT2D eigenvalue weighted by molar-refractivity contribution is 6.12. The summed E-state index contributed by atoms with van der Waals surface area (Å²) in [5.41, 5.74) is 6.85. The average Bonchev–Trinajstić information content (AvgIpc) is 2.71. The summed E-state index contributed by atoms with van der Waals surface area (Å²) in [5.74, 6) is -1.35. The first-order chi connectivity index (χ1) is 8.50. The Morgan fingerprint density at radius 2 is 1.94 bits per heavy atom. The molecule has 0 amide bonds. The van der Waals surface area contributed by atoms with Crippen LogP contribution in [-0.4, -0.2) is 21.4 Å². The van der Waals surface area contributed by atoms with Gasteiger partial charge in [0.15, 0.2) is 5.78 Å². The lowest BCUT2D eigenvalue weighted by atomic mass is 10.0. The van der Waals surface area contributed by atoms with Crippen molar-refractivity contribution >= 4 is 17.4 Å². The number of anilines is 1. The number of aryl methyl sites for hydroxylation is 1. The number of carbonyl (C=O) groups is 2. The van der Waals surface area contributed by atoms with Crippen LogP contribution >= 0.6 is 0 Å². The molecule has 1 heterocycles. The van der Waals surface area contributed by atoms with Gasteiger partial charge in [0.05, 0.1) is 0 Å². The van der Waals surface area contributed by atoms with Gasteiger partial charge in [-0.1, -0.05) is 12.1 Å². The van der Waals surface area contributed by atoms with Crippen LogP contribution in [0.5, 0.6) is 0 Å². The molecule has 3 N–H and O–H groups in total. The van der Waals surface area contributed by atoms with Crippen LogP contribution in [0.3, 0.4) is 0 Å². The second-order valence-electron chi connectivity index (χ2n) is 3.95. The van der Waals surface area contributed by atoms with Gasteiger partial charge in [0, 0.05) is 30.1 Å². The molecule has 1 aromatic heterocycles. The Balaban J connectivity index is 2.44. The summed E-state index contributed by atoms with van der Waals surface area (Å²) >= 11 is 0. The van der Waals surface area contributed by atoms with E-state index in [4.69, 9.17) is 10.8 Å². The second kappa shape index (κ2) is 4.37. The Morgan fingerprint density at radius 3 is 2.50 bits per heavy atom. The highest BCUT2D eigenvalue weighted by atomic mass is 16.4. The fraction of sp³-hybridized carbons (Fsp3) is 0.0769. The zero-order valence-electron chi connectivity index (χ0n) is 9.75. The van der Waals surface area contributed by atoms with Crippen molar-refractivity contribution in [3.63, 3.8) is 0 Å². The molecule has 5 heteroatoms. The molecule has 0 radical (unpaired) electrons. The van der Waals surface area contributed by atoms with Gasteiger partial charge < -0.3 is 15.4 Å². The number of aromatic carboxylic acids is 1. The summed E-state index contributed by atoms with van der Waals surface area (Å²) in [6.45, 7) is 0. The van der Waals surface area contributed by atoms with E-state index in [1.807, 2.05) is 0 Å². The first-order valence-corrected chi connectivity index (χ1v) is 5.29.